The molecule has 0 spiro atoms. The first-order valence-electron chi connectivity index (χ1n) is 6.42. The summed E-state index contributed by atoms with van der Waals surface area (Å²) in [6.07, 6.45) is 0.0390. The number of carbonyl (C=O) groups is 1. The van der Waals surface area contributed by atoms with E-state index in [0.717, 1.165) is 5.75 Å². The van der Waals surface area contributed by atoms with Crippen LogP contribution in [0, 0.1) is 10.1 Å². The van der Waals surface area contributed by atoms with Crippen molar-refractivity contribution < 1.29 is 9.72 Å². The smallest absolute Gasteiger partial charge is 0.273 e. The van der Waals surface area contributed by atoms with E-state index in [-0.39, 0.29) is 22.8 Å². The molecule has 1 rings (SSSR count). The molecule has 1 amide bonds. The zero-order chi connectivity index (χ0) is 15.2. The SMILES string of the molecule is CC(C)(C)SCCNC(=O)Cc1ccccc1[N+](=O)[O-]. The van der Waals surface area contributed by atoms with Gasteiger partial charge in [-0.25, -0.2) is 0 Å². The second-order valence-electron chi connectivity index (χ2n) is 5.37. The topological polar surface area (TPSA) is 72.2 Å². The van der Waals surface area contributed by atoms with Gasteiger partial charge in [0.15, 0.2) is 0 Å². The summed E-state index contributed by atoms with van der Waals surface area (Å²) in [4.78, 5) is 22.2. The molecule has 0 unspecified atom stereocenters. The standard InChI is InChI=1S/C14H20N2O3S/c1-14(2,3)20-9-8-15-13(17)10-11-6-4-5-7-12(11)16(18)19/h4-7H,8-10H2,1-3H3,(H,15,17). The van der Waals surface area contributed by atoms with Crippen molar-refractivity contribution >= 4 is 23.4 Å². The van der Waals surface area contributed by atoms with Gasteiger partial charge in [0, 0.05) is 28.7 Å². The molecule has 0 aromatic heterocycles. The number of nitro groups is 1. The zero-order valence-corrected chi connectivity index (χ0v) is 12.8. The first kappa shape index (κ1) is 16.5. The number of para-hydroxylation sites is 1. The number of hydrogen-bond donors (Lipinski definition) is 1. The van der Waals surface area contributed by atoms with Gasteiger partial charge in [0.05, 0.1) is 11.3 Å². The number of nitrogens with zero attached hydrogens (tertiary/aromatic N) is 1. The van der Waals surface area contributed by atoms with Crippen molar-refractivity contribution in [3.63, 3.8) is 0 Å². The van der Waals surface area contributed by atoms with Crippen LogP contribution in [-0.2, 0) is 11.2 Å². The highest BCUT2D eigenvalue weighted by Gasteiger charge is 2.15. The fourth-order valence-electron chi connectivity index (χ4n) is 1.62. The molecular weight excluding hydrogens is 276 g/mol. The summed E-state index contributed by atoms with van der Waals surface area (Å²) in [6.45, 7) is 6.92. The zero-order valence-electron chi connectivity index (χ0n) is 12.0. The fraction of sp³-hybridized carbons (Fsp3) is 0.500. The largest absolute Gasteiger partial charge is 0.355 e. The van der Waals surface area contributed by atoms with Crippen molar-refractivity contribution in [1.29, 1.82) is 0 Å². The van der Waals surface area contributed by atoms with Crippen LogP contribution in [-0.4, -0.2) is 27.9 Å². The lowest BCUT2D eigenvalue weighted by molar-refractivity contribution is -0.385. The van der Waals surface area contributed by atoms with Crippen molar-refractivity contribution in [3.8, 4) is 0 Å². The Morgan fingerprint density at radius 1 is 1.35 bits per heavy atom. The third-order valence-corrected chi connectivity index (χ3v) is 3.77. The lowest BCUT2D eigenvalue weighted by atomic mass is 10.1. The maximum absolute atomic E-state index is 11.8. The van der Waals surface area contributed by atoms with Crippen LogP contribution in [0.25, 0.3) is 0 Å². The average molecular weight is 296 g/mol. The van der Waals surface area contributed by atoms with E-state index in [1.165, 1.54) is 6.07 Å². The number of carbonyl (C=O) groups excluding carboxylic acids is 1. The number of thioether (sulfide) groups is 1. The highest BCUT2D eigenvalue weighted by atomic mass is 32.2. The number of hydrogen-bond acceptors (Lipinski definition) is 4. The minimum Gasteiger partial charge on any atom is -0.355 e. The van der Waals surface area contributed by atoms with Gasteiger partial charge in [0.25, 0.3) is 5.69 Å². The summed E-state index contributed by atoms with van der Waals surface area (Å²) in [5.74, 6) is 0.639. The van der Waals surface area contributed by atoms with Crippen molar-refractivity contribution in [3.05, 3.63) is 39.9 Å². The second-order valence-corrected chi connectivity index (χ2v) is 7.30. The molecule has 0 aliphatic rings. The van der Waals surface area contributed by atoms with Crippen LogP contribution in [0.1, 0.15) is 26.3 Å². The van der Waals surface area contributed by atoms with Gasteiger partial charge in [-0.1, -0.05) is 39.0 Å². The van der Waals surface area contributed by atoms with Crippen LogP contribution in [0.15, 0.2) is 24.3 Å². The van der Waals surface area contributed by atoms with Gasteiger partial charge >= 0.3 is 0 Å². The van der Waals surface area contributed by atoms with E-state index in [1.54, 1.807) is 30.0 Å². The van der Waals surface area contributed by atoms with Crippen molar-refractivity contribution in [2.24, 2.45) is 0 Å². The monoisotopic (exact) mass is 296 g/mol. The molecule has 1 aromatic carbocycles. The molecule has 0 fully saturated rings. The second kappa shape index (κ2) is 7.28. The van der Waals surface area contributed by atoms with Crippen molar-refractivity contribution in [2.75, 3.05) is 12.3 Å². The van der Waals surface area contributed by atoms with Crippen molar-refractivity contribution in [2.45, 2.75) is 31.9 Å². The third kappa shape index (κ3) is 6.06. The molecule has 0 bridgehead atoms. The van der Waals surface area contributed by atoms with Gasteiger partial charge in [-0.3, -0.25) is 14.9 Å². The van der Waals surface area contributed by atoms with Crippen molar-refractivity contribution in [1.82, 2.24) is 5.32 Å². The highest BCUT2D eigenvalue weighted by molar-refractivity contribution is 8.00. The van der Waals surface area contributed by atoms with Gasteiger partial charge in [0.1, 0.15) is 0 Å². The maximum Gasteiger partial charge on any atom is 0.273 e. The third-order valence-electron chi connectivity index (χ3n) is 2.50. The predicted molar refractivity (Wildman–Crippen MR) is 82.0 cm³/mol. The van der Waals surface area contributed by atoms with E-state index < -0.39 is 4.92 Å². The first-order valence-corrected chi connectivity index (χ1v) is 7.41. The van der Waals surface area contributed by atoms with E-state index in [1.807, 2.05) is 0 Å². The van der Waals surface area contributed by atoms with Gasteiger partial charge in [-0.2, -0.15) is 11.8 Å². The summed E-state index contributed by atoms with van der Waals surface area (Å²) in [5.41, 5.74) is 0.435. The molecule has 0 aliphatic carbocycles. The minimum absolute atomic E-state index is 0.00767. The van der Waals surface area contributed by atoms with Gasteiger partial charge < -0.3 is 5.32 Å². The lowest BCUT2D eigenvalue weighted by Gasteiger charge is -2.17. The predicted octanol–water partition coefficient (Wildman–Crippen LogP) is 2.79. The Morgan fingerprint density at radius 2 is 2.00 bits per heavy atom. The van der Waals surface area contributed by atoms with Crippen LogP contribution in [0.5, 0.6) is 0 Å². The van der Waals surface area contributed by atoms with Crippen LogP contribution < -0.4 is 5.32 Å². The van der Waals surface area contributed by atoms with Crippen LogP contribution in [0.3, 0.4) is 0 Å². The summed E-state index contributed by atoms with van der Waals surface area (Å²) in [6, 6.07) is 6.32. The van der Waals surface area contributed by atoms with Gasteiger partial charge in [-0.15, -0.1) is 0 Å². The number of rotatable bonds is 6. The summed E-state index contributed by atoms with van der Waals surface area (Å²) >= 11 is 1.77. The Kier molecular flexibility index (Phi) is 6.01. The molecule has 110 valence electrons. The summed E-state index contributed by atoms with van der Waals surface area (Å²) in [7, 11) is 0. The molecule has 0 radical (unpaired) electrons. The van der Waals surface area contributed by atoms with E-state index in [9.17, 15) is 14.9 Å². The van der Waals surface area contributed by atoms with Crippen LogP contribution >= 0.6 is 11.8 Å². The van der Waals surface area contributed by atoms with Gasteiger partial charge in [-0.05, 0) is 0 Å². The molecular formula is C14H20N2O3S. The van der Waals surface area contributed by atoms with E-state index >= 15 is 0 Å². The Bertz CT molecular complexity index is 484. The number of nitro benzene ring substituents is 1. The Labute approximate surface area is 123 Å². The number of amides is 1. The van der Waals surface area contributed by atoms with Gasteiger partial charge in [0.2, 0.25) is 5.91 Å². The number of nitrogens with one attached hydrogen (secondary N) is 1. The minimum atomic E-state index is -0.460. The molecule has 0 saturated heterocycles. The van der Waals surface area contributed by atoms with E-state index in [4.69, 9.17) is 0 Å². The summed E-state index contributed by atoms with van der Waals surface area (Å²) in [5, 5.41) is 13.6. The molecule has 20 heavy (non-hydrogen) atoms. The first-order chi connectivity index (χ1) is 9.29. The quantitative estimate of drug-likeness (QED) is 0.498. The van der Waals surface area contributed by atoms with E-state index in [0.29, 0.717) is 12.1 Å². The molecule has 1 N–H and O–H groups in total. The molecule has 0 atom stereocenters. The lowest BCUT2D eigenvalue weighted by Crippen LogP contribution is -2.28. The molecule has 5 nitrogen and oxygen atoms in total. The molecule has 0 aliphatic heterocycles. The van der Waals surface area contributed by atoms with Crippen LogP contribution in [0.2, 0.25) is 0 Å². The molecule has 0 saturated carbocycles. The Hall–Kier alpha value is -1.56. The maximum atomic E-state index is 11.8. The fourth-order valence-corrected chi connectivity index (χ4v) is 2.44. The van der Waals surface area contributed by atoms with E-state index in [2.05, 4.69) is 26.1 Å². The van der Waals surface area contributed by atoms with Crippen LogP contribution in [0.4, 0.5) is 5.69 Å². The number of benzene rings is 1. The summed E-state index contributed by atoms with van der Waals surface area (Å²) < 4.78 is 0.170. The average Bonchev–Trinajstić information content (AvgIpc) is 2.34. The molecule has 6 heteroatoms. The Morgan fingerprint density at radius 3 is 2.60 bits per heavy atom. The Balaban J connectivity index is 2.45. The normalized spacial score (nSPS) is 11.2. The highest BCUT2D eigenvalue weighted by Crippen LogP contribution is 2.22. The molecule has 0 heterocycles. The molecule has 1 aromatic rings.